The lowest BCUT2D eigenvalue weighted by atomic mass is 9.81. The number of carbonyl (C=O) groups is 2. The Kier molecular flexibility index (Phi) is 6.42. The summed E-state index contributed by atoms with van der Waals surface area (Å²) in [5.41, 5.74) is 0.601. The molecule has 182 valence electrons. The van der Waals surface area contributed by atoms with Gasteiger partial charge in [0.2, 0.25) is 17.6 Å². The maximum atomic E-state index is 13.5. The van der Waals surface area contributed by atoms with Crippen molar-refractivity contribution in [3.63, 3.8) is 0 Å². The van der Waals surface area contributed by atoms with Gasteiger partial charge in [-0.15, -0.1) is 0 Å². The maximum absolute atomic E-state index is 13.5. The second-order valence-electron chi connectivity index (χ2n) is 9.01. The van der Waals surface area contributed by atoms with Crippen LogP contribution in [0.1, 0.15) is 44.4 Å². The van der Waals surface area contributed by atoms with Gasteiger partial charge in [0.25, 0.3) is 5.89 Å². The highest BCUT2D eigenvalue weighted by Crippen LogP contribution is 2.39. The van der Waals surface area contributed by atoms with Crippen molar-refractivity contribution >= 4 is 29.1 Å². The van der Waals surface area contributed by atoms with E-state index < -0.39 is 11.5 Å². The second kappa shape index (κ2) is 9.65. The Bertz CT molecular complexity index is 1230. The van der Waals surface area contributed by atoms with E-state index in [1.807, 2.05) is 12.1 Å². The number of pyridine rings is 1. The van der Waals surface area contributed by atoms with Gasteiger partial charge in [-0.2, -0.15) is 4.98 Å². The lowest BCUT2D eigenvalue weighted by Crippen LogP contribution is -2.50. The summed E-state index contributed by atoms with van der Waals surface area (Å²) >= 11 is 6.16. The number of hydrogen-bond donors (Lipinski definition) is 1. The molecule has 2 fully saturated rings. The van der Waals surface area contributed by atoms with E-state index in [1.54, 1.807) is 35.5 Å². The number of methoxy groups -OCH3 is 1. The Morgan fingerprint density at radius 1 is 1.20 bits per heavy atom. The first-order valence-electron chi connectivity index (χ1n) is 11.7. The minimum absolute atomic E-state index is 0.101. The van der Waals surface area contributed by atoms with Crippen LogP contribution in [0.3, 0.4) is 0 Å². The molecular formula is C25H26ClN5O4. The monoisotopic (exact) mass is 495 g/mol. The van der Waals surface area contributed by atoms with Crippen LogP contribution >= 0.6 is 11.6 Å². The van der Waals surface area contributed by atoms with Crippen LogP contribution in [0.25, 0.3) is 11.4 Å². The van der Waals surface area contributed by atoms with E-state index in [4.69, 9.17) is 20.9 Å². The number of nitrogens with one attached hydrogen (secondary N) is 1. The molecule has 9 nitrogen and oxygen atoms in total. The number of nitrogens with zero attached hydrogens (tertiary/aromatic N) is 4. The summed E-state index contributed by atoms with van der Waals surface area (Å²) in [6, 6.07) is 8.71. The summed E-state index contributed by atoms with van der Waals surface area (Å²) in [4.78, 5) is 36.6. The molecule has 5 rings (SSSR count). The fourth-order valence-electron chi connectivity index (χ4n) is 4.91. The van der Waals surface area contributed by atoms with Crippen LogP contribution in [-0.2, 0) is 15.1 Å². The molecule has 10 heteroatoms. The largest absolute Gasteiger partial charge is 0.495 e. The van der Waals surface area contributed by atoms with Crippen molar-refractivity contribution in [2.75, 3.05) is 18.6 Å². The summed E-state index contributed by atoms with van der Waals surface area (Å²) in [5, 5.41) is 7.84. The van der Waals surface area contributed by atoms with Gasteiger partial charge < -0.3 is 19.5 Å². The van der Waals surface area contributed by atoms with Crippen molar-refractivity contribution < 1.29 is 18.8 Å². The number of hydrogen-bond acceptors (Lipinski definition) is 7. The molecule has 1 aromatic carbocycles. The molecule has 2 aromatic heterocycles. The fourth-order valence-corrected chi connectivity index (χ4v) is 5.08. The lowest BCUT2D eigenvalue weighted by Gasteiger charge is -2.35. The number of aromatic nitrogens is 3. The number of rotatable bonds is 6. The fraction of sp³-hybridized carbons (Fsp3) is 0.400. The normalized spacial score (nSPS) is 19.5. The van der Waals surface area contributed by atoms with E-state index in [-0.39, 0.29) is 24.8 Å². The van der Waals surface area contributed by atoms with E-state index in [2.05, 4.69) is 20.4 Å². The van der Waals surface area contributed by atoms with Gasteiger partial charge in [0, 0.05) is 35.9 Å². The predicted molar refractivity (Wildman–Crippen MR) is 129 cm³/mol. The first kappa shape index (κ1) is 23.3. The van der Waals surface area contributed by atoms with Crippen molar-refractivity contribution in [2.45, 2.75) is 44.1 Å². The maximum Gasteiger partial charge on any atom is 0.252 e. The Morgan fingerprint density at radius 2 is 1.97 bits per heavy atom. The van der Waals surface area contributed by atoms with Crippen molar-refractivity contribution in [3.05, 3.63) is 53.6 Å². The van der Waals surface area contributed by atoms with Crippen LogP contribution in [0.5, 0.6) is 5.75 Å². The van der Waals surface area contributed by atoms with Crippen LogP contribution in [0, 0.1) is 5.92 Å². The van der Waals surface area contributed by atoms with Crippen molar-refractivity contribution in [1.29, 1.82) is 0 Å². The molecule has 1 aliphatic heterocycles. The van der Waals surface area contributed by atoms with Crippen molar-refractivity contribution in [3.8, 4) is 17.1 Å². The topological polar surface area (TPSA) is 110 Å². The molecule has 1 N–H and O–H groups in total. The van der Waals surface area contributed by atoms with Gasteiger partial charge in [-0.1, -0.05) is 36.0 Å². The minimum atomic E-state index is -0.752. The molecule has 1 saturated heterocycles. The molecule has 3 aromatic rings. The van der Waals surface area contributed by atoms with Gasteiger partial charge in [0.1, 0.15) is 11.3 Å². The molecule has 1 saturated carbocycles. The molecule has 0 radical (unpaired) electrons. The number of anilines is 1. The first-order chi connectivity index (χ1) is 17.0. The van der Waals surface area contributed by atoms with E-state index in [1.165, 1.54) is 7.11 Å². The Labute approximate surface area is 207 Å². The van der Waals surface area contributed by atoms with E-state index in [0.29, 0.717) is 41.0 Å². The summed E-state index contributed by atoms with van der Waals surface area (Å²) in [6.45, 7) is 0.240. The zero-order valence-corrected chi connectivity index (χ0v) is 20.1. The first-order valence-corrected chi connectivity index (χ1v) is 12.1. The molecule has 0 bridgehead atoms. The SMILES string of the molecule is COc1ccc(Cl)cc1N1C[C@H](C(=O)NC2(c3nc(-c4ccncc4)no3)CCCCC2)CC1=O. The highest BCUT2D eigenvalue weighted by Gasteiger charge is 2.44. The van der Waals surface area contributed by atoms with Gasteiger partial charge in [0.05, 0.1) is 18.7 Å². The van der Waals surface area contributed by atoms with Crippen molar-refractivity contribution in [2.24, 2.45) is 5.92 Å². The highest BCUT2D eigenvalue weighted by atomic mass is 35.5. The molecule has 0 spiro atoms. The molecule has 35 heavy (non-hydrogen) atoms. The molecule has 1 atom stereocenters. The second-order valence-corrected chi connectivity index (χ2v) is 9.45. The van der Waals surface area contributed by atoms with Crippen LogP contribution < -0.4 is 15.0 Å². The van der Waals surface area contributed by atoms with Gasteiger partial charge in [-0.05, 0) is 43.2 Å². The summed E-state index contributed by atoms with van der Waals surface area (Å²) < 4.78 is 11.1. The van der Waals surface area contributed by atoms with Gasteiger partial charge in [-0.3, -0.25) is 14.6 Å². The number of benzene rings is 1. The average Bonchev–Trinajstić information content (AvgIpc) is 3.53. The summed E-state index contributed by atoms with van der Waals surface area (Å²) in [6.07, 6.45) is 7.78. The molecule has 1 aliphatic carbocycles. The molecule has 0 unspecified atom stereocenters. The smallest absolute Gasteiger partial charge is 0.252 e. The standard InChI is InChI=1S/C25H26ClN5O4/c1-34-20-6-5-18(26)14-19(20)31-15-17(13-21(31)32)23(33)29-25(9-3-2-4-10-25)24-28-22(30-35-24)16-7-11-27-12-8-16/h5-8,11-12,14,17H,2-4,9-10,13,15H2,1H3,(H,29,33)/t17-/m1/s1. The molecule has 2 aliphatic rings. The lowest BCUT2D eigenvalue weighted by molar-refractivity contribution is -0.129. The van der Waals surface area contributed by atoms with Gasteiger partial charge >= 0.3 is 0 Å². The van der Waals surface area contributed by atoms with Crippen LogP contribution in [-0.4, -0.2) is 40.6 Å². The van der Waals surface area contributed by atoms with E-state index in [9.17, 15) is 9.59 Å². The molecular weight excluding hydrogens is 470 g/mol. The van der Waals surface area contributed by atoms with Gasteiger partial charge in [0.15, 0.2) is 0 Å². The van der Waals surface area contributed by atoms with Crippen LogP contribution in [0.15, 0.2) is 47.2 Å². The number of halogens is 1. The third-order valence-corrected chi connectivity index (χ3v) is 7.01. The highest BCUT2D eigenvalue weighted by molar-refractivity contribution is 6.31. The van der Waals surface area contributed by atoms with Crippen LogP contribution in [0.2, 0.25) is 5.02 Å². The van der Waals surface area contributed by atoms with Crippen molar-refractivity contribution in [1.82, 2.24) is 20.4 Å². The Hall–Kier alpha value is -3.46. The third kappa shape index (κ3) is 4.60. The van der Waals surface area contributed by atoms with E-state index in [0.717, 1.165) is 24.8 Å². The van der Waals surface area contributed by atoms with E-state index >= 15 is 0 Å². The predicted octanol–water partition coefficient (Wildman–Crippen LogP) is 4.12. The van der Waals surface area contributed by atoms with Gasteiger partial charge in [-0.25, -0.2) is 0 Å². The number of ether oxygens (including phenoxy) is 1. The Balaban J connectivity index is 1.37. The zero-order chi connectivity index (χ0) is 24.4. The quantitative estimate of drug-likeness (QED) is 0.547. The number of carbonyl (C=O) groups excluding carboxylic acids is 2. The Morgan fingerprint density at radius 3 is 2.71 bits per heavy atom. The zero-order valence-electron chi connectivity index (χ0n) is 19.4. The summed E-state index contributed by atoms with van der Waals surface area (Å²) in [5.74, 6) is 0.509. The minimum Gasteiger partial charge on any atom is -0.495 e. The molecule has 2 amide bonds. The molecule has 3 heterocycles. The van der Waals surface area contributed by atoms with Crippen LogP contribution in [0.4, 0.5) is 5.69 Å². The third-order valence-electron chi connectivity index (χ3n) is 6.77. The average molecular weight is 496 g/mol. The number of amides is 2. The summed E-state index contributed by atoms with van der Waals surface area (Å²) in [7, 11) is 1.54.